The molecule has 3 aromatic rings. The predicted molar refractivity (Wildman–Crippen MR) is 108 cm³/mol. The van der Waals surface area contributed by atoms with Gasteiger partial charge in [-0.3, -0.25) is 0 Å². The molecule has 27 heavy (non-hydrogen) atoms. The highest BCUT2D eigenvalue weighted by atomic mass is 16.5. The van der Waals surface area contributed by atoms with Crippen LogP contribution in [0.25, 0.3) is 17.2 Å². The Hall–Kier alpha value is -3.33. The average molecular weight is 355 g/mol. The van der Waals surface area contributed by atoms with Gasteiger partial charge in [-0.2, -0.15) is 0 Å². The molecule has 0 bridgehead atoms. The van der Waals surface area contributed by atoms with E-state index in [1.54, 1.807) is 0 Å². The number of alkyl carbamates (subject to hydrolysis) is 1. The van der Waals surface area contributed by atoms with Crippen LogP contribution in [0.1, 0.15) is 22.3 Å². The monoisotopic (exact) mass is 355 g/mol. The summed E-state index contributed by atoms with van der Waals surface area (Å²) in [6.45, 7) is 0.715. The Bertz CT molecular complexity index is 977. The first-order chi connectivity index (χ1) is 13.3. The molecule has 0 fully saturated rings. The van der Waals surface area contributed by atoms with E-state index in [-0.39, 0.29) is 6.61 Å². The van der Waals surface area contributed by atoms with Gasteiger partial charge in [0.1, 0.15) is 6.61 Å². The quantitative estimate of drug-likeness (QED) is 0.534. The van der Waals surface area contributed by atoms with Gasteiger partial charge in [0.2, 0.25) is 0 Å². The molecule has 3 heteroatoms. The number of hydrogen-bond donors (Lipinski definition) is 1. The molecule has 1 N–H and O–H groups in total. The topological polar surface area (TPSA) is 38.3 Å². The maximum absolute atomic E-state index is 11.7. The molecule has 134 valence electrons. The summed E-state index contributed by atoms with van der Waals surface area (Å²) >= 11 is 0. The maximum atomic E-state index is 11.7. The fourth-order valence-electron chi connectivity index (χ4n) is 3.38. The van der Waals surface area contributed by atoms with Crippen LogP contribution >= 0.6 is 0 Å². The first-order valence-electron chi connectivity index (χ1n) is 9.12. The third-order valence-corrected chi connectivity index (χ3v) is 4.71. The molecule has 4 rings (SSSR count). The van der Waals surface area contributed by atoms with Crippen molar-refractivity contribution in [1.29, 1.82) is 0 Å². The Morgan fingerprint density at radius 1 is 0.926 bits per heavy atom. The van der Waals surface area contributed by atoms with Crippen molar-refractivity contribution >= 4 is 12.2 Å². The molecule has 0 aromatic heterocycles. The summed E-state index contributed by atoms with van der Waals surface area (Å²) in [5, 5.41) is 2.74. The van der Waals surface area contributed by atoms with Crippen molar-refractivity contribution in [3.63, 3.8) is 0 Å². The minimum atomic E-state index is -0.409. The Balaban J connectivity index is 1.28. The largest absolute Gasteiger partial charge is 0.445 e. The van der Waals surface area contributed by atoms with Gasteiger partial charge in [-0.1, -0.05) is 84.9 Å². The number of rotatable bonds is 5. The molecule has 0 spiro atoms. The number of fused-ring (bicyclic) bond motifs is 3. The molecule has 0 unspecified atom stereocenters. The number of ether oxygens (including phenoxy) is 1. The molecule has 1 aliphatic carbocycles. The van der Waals surface area contributed by atoms with Crippen LogP contribution in [0.4, 0.5) is 4.79 Å². The Labute approximate surface area is 159 Å². The van der Waals surface area contributed by atoms with Crippen molar-refractivity contribution in [1.82, 2.24) is 5.32 Å². The second kappa shape index (κ2) is 7.92. The number of nitrogens with one attached hydrogen (secondary N) is 1. The van der Waals surface area contributed by atoms with Gasteiger partial charge in [0.25, 0.3) is 0 Å². The van der Waals surface area contributed by atoms with Crippen molar-refractivity contribution in [3.05, 3.63) is 101 Å². The second-order valence-corrected chi connectivity index (χ2v) is 6.60. The number of carbonyl (C=O) groups is 1. The zero-order valence-electron chi connectivity index (χ0n) is 15.0. The highest BCUT2D eigenvalue weighted by Crippen LogP contribution is 2.36. The fourth-order valence-corrected chi connectivity index (χ4v) is 3.38. The molecule has 0 atom stereocenters. The normalized spacial score (nSPS) is 11.9. The highest BCUT2D eigenvalue weighted by molar-refractivity contribution is 5.78. The molecule has 0 aliphatic heterocycles. The van der Waals surface area contributed by atoms with Crippen molar-refractivity contribution in [2.75, 3.05) is 6.54 Å². The van der Waals surface area contributed by atoms with Crippen LogP contribution in [-0.4, -0.2) is 12.6 Å². The van der Waals surface area contributed by atoms with E-state index >= 15 is 0 Å². The van der Waals surface area contributed by atoms with Gasteiger partial charge < -0.3 is 10.1 Å². The molecule has 0 saturated heterocycles. The number of carbonyl (C=O) groups excluding carboxylic acids is 1. The SMILES string of the molecule is O=C(NCC=Cc1ccc2c(c1)Cc1ccccc1-2)OCc1ccccc1. The molecule has 0 heterocycles. The lowest BCUT2D eigenvalue weighted by molar-refractivity contribution is 0.141. The van der Waals surface area contributed by atoms with Crippen LogP contribution in [0, 0.1) is 0 Å². The number of benzene rings is 3. The predicted octanol–water partition coefficient (Wildman–Crippen LogP) is 5.20. The lowest BCUT2D eigenvalue weighted by Crippen LogP contribution is -2.24. The van der Waals surface area contributed by atoms with E-state index in [0.29, 0.717) is 6.54 Å². The Morgan fingerprint density at radius 3 is 2.59 bits per heavy atom. The second-order valence-electron chi connectivity index (χ2n) is 6.60. The molecule has 0 radical (unpaired) electrons. The summed E-state index contributed by atoms with van der Waals surface area (Å²) in [7, 11) is 0. The fraction of sp³-hybridized carbons (Fsp3) is 0.125. The smallest absolute Gasteiger partial charge is 0.407 e. The van der Waals surface area contributed by atoms with Crippen LogP contribution in [0.5, 0.6) is 0 Å². The average Bonchev–Trinajstić information content (AvgIpc) is 3.08. The standard InChI is InChI=1S/C24H21NO2/c26-24(27-17-19-7-2-1-3-8-19)25-14-6-9-18-12-13-23-21(15-18)16-20-10-4-5-11-22(20)23/h1-13,15H,14,16-17H2,(H,25,26). The molecule has 3 aromatic carbocycles. The number of amides is 1. The zero-order chi connectivity index (χ0) is 18.5. The van der Waals surface area contributed by atoms with Crippen LogP contribution in [0.15, 0.2) is 78.9 Å². The van der Waals surface area contributed by atoms with Gasteiger partial charge in [-0.05, 0) is 39.8 Å². The Morgan fingerprint density at radius 2 is 1.70 bits per heavy atom. The lowest BCUT2D eigenvalue weighted by Gasteiger charge is -2.05. The van der Waals surface area contributed by atoms with Gasteiger partial charge in [0, 0.05) is 6.54 Å². The van der Waals surface area contributed by atoms with Crippen LogP contribution in [0.2, 0.25) is 0 Å². The van der Waals surface area contributed by atoms with Gasteiger partial charge in [-0.15, -0.1) is 0 Å². The summed E-state index contributed by atoms with van der Waals surface area (Å²) in [6, 6.07) is 24.7. The van der Waals surface area contributed by atoms with Crippen LogP contribution < -0.4 is 5.32 Å². The Kier molecular flexibility index (Phi) is 5.01. The van der Waals surface area contributed by atoms with E-state index in [1.807, 2.05) is 42.5 Å². The minimum Gasteiger partial charge on any atom is -0.445 e. The third kappa shape index (κ3) is 4.09. The van der Waals surface area contributed by atoms with Gasteiger partial charge in [0.15, 0.2) is 0 Å². The molecular formula is C24H21NO2. The van der Waals surface area contributed by atoms with Crippen LogP contribution in [0.3, 0.4) is 0 Å². The van der Waals surface area contributed by atoms with Crippen LogP contribution in [-0.2, 0) is 17.8 Å². The zero-order valence-corrected chi connectivity index (χ0v) is 15.0. The molecule has 1 aliphatic rings. The first-order valence-corrected chi connectivity index (χ1v) is 9.12. The summed E-state index contributed by atoms with van der Waals surface area (Å²) < 4.78 is 5.19. The summed E-state index contributed by atoms with van der Waals surface area (Å²) in [5.41, 5.74) is 7.52. The maximum Gasteiger partial charge on any atom is 0.407 e. The summed E-state index contributed by atoms with van der Waals surface area (Å²) in [5.74, 6) is 0. The number of hydrogen-bond acceptors (Lipinski definition) is 2. The van der Waals surface area contributed by atoms with Crippen molar-refractivity contribution in [2.45, 2.75) is 13.0 Å². The summed E-state index contributed by atoms with van der Waals surface area (Å²) in [6.07, 6.45) is 4.54. The summed E-state index contributed by atoms with van der Waals surface area (Å²) in [4.78, 5) is 11.7. The van der Waals surface area contributed by atoms with Crippen molar-refractivity contribution < 1.29 is 9.53 Å². The van der Waals surface area contributed by atoms with E-state index in [4.69, 9.17) is 4.74 Å². The molecule has 0 saturated carbocycles. The van der Waals surface area contributed by atoms with Gasteiger partial charge >= 0.3 is 6.09 Å². The molecule has 3 nitrogen and oxygen atoms in total. The van der Waals surface area contributed by atoms with E-state index < -0.39 is 6.09 Å². The lowest BCUT2D eigenvalue weighted by atomic mass is 10.0. The first kappa shape index (κ1) is 17.1. The van der Waals surface area contributed by atoms with E-state index in [0.717, 1.165) is 17.5 Å². The highest BCUT2D eigenvalue weighted by Gasteiger charge is 2.17. The molecule has 1 amide bonds. The van der Waals surface area contributed by atoms with E-state index in [9.17, 15) is 4.79 Å². The van der Waals surface area contributed by atoms with Gasteiger partial charge in [-0.25, -0.2) is 4.79 Å². The van der Waals surface area contributed by atoms with E-state index in [1.165, 1.54) is 22.3 Å². The van der Waals surface area contributed by atoms with E-state index in [2.05, 4.69) is 47.8 Å². The molecular weight excluding hydrogens is 334 g/mol. The van der Waals surface area contributed by atoms with Gasteiger partial charge in [0.05, 0.1) is 0 Å². The minimum absolute atomic E-state index is 0.280. The third-order valence-electron chi connectivity index (χ3n) is 4.71. The van der Waals surface area contributed by atoms with Crippen molar-refractivity contribution in [3.8, 4) is 11.1 Å². The van der Waals surface area contributed by atoms with Crippen molar-refractivity contribution in [2.24, 2.45) is 0 Å².